The first kappa shape index (κ1) is 13.1. The molecule has 1 saturated carbocycles. The summed E-state index contributed by atoms with van der Waals surface area (Å²) in [6.45, 7) is 8.34. The lowest BCUT2D eigenvalue weighted by Crippen LogP contribution is -2.43. The number of nitrogens with one attached hydrogen (secondary N) is 1. The third-order valence-corrected chi connectivity index (χ3v) is 5.18. The third kappa shape index (κ3) is 2.44. The average molecular weight is 258 g/mol. The first-order chi connectivity index (χ1) is 9.10. The summed E-state index contributed by atoms with van der Waals surface area (Å²) < 4.78 is 0. The lowest BCUT2D eigenvalue weighted by atomic mass is 9.85. The maximum Gasteiger partial charge on any atom is 0.0240 e. The Morgan fingerprint density at radius 1 is 1.21 bits per heavy atom. The molecule has 1 fully saturated rings. The Morgan fingerprint density at radius 3 is 2.42 bits per heavy atom. The normalized spacial score (nSPS) is 29.6. The first-order valence-electron chi connectivity index (χ1n) is 7.56. The molecule has 0 bridgehead atoms. The quantitative estimate of drug-likeness (QED) is 0.896. The van der Waals surface area contributed by atoms with Crippen LogP contribution in [0.15, 0.2) is 24.3 Å². The van der Waals surface area contributed by atoms with Crippen LogP contribution < -0.4 is 5.32 Å². The zero-order valence-electron chi connectivity index (χ0n) is 12.4. The number of benzene rings is 1. The Morgan fingerprint density at radius 2 is 1.84 bits per heavy atom. The Hall–Kier alpha value is -0.860. The van der Waals surface area contributed by atoms with Crippen LogP contribution in [-0.2, 0) is 13.1 Å². The molecule has 2 heteroatoms. The molecule has 2 aliphatic rings. The largest absolute Gasteiger partial charge is 0.316 e. The summed E-state index contributed by atoms with van der Waals surface area (Å²) >= 11 is 0. The molecule has 1 heterocycles. The molecule has 1 aliphatic carbocycles. The summed E-state index contributed by atoms with van der Waals surface area (Å²) in [5.74, 6) is 0.800. The summed E-state index contributed by atoms with van der Waals surface area (Å²) in [4.78, 5) is 2.63. The fraction of sp³-hybridized carbons (Fsp3) is 0.647. The van der Waals surface area contributed by atoms with Crippen molar-refractivity contribution in [3.05, 3.63) is 35.4 Å². The van der Waals surface area contributed by atoms with E-state index in [-0.39, 0.29) is 0 Å². The molecular formula is C17H26N2. The van der Waals surface area contributed by atoms with E-state index in [1.165, 1.54) is 30.5 Å². The third-order valence-electron chi connectivity index (χ3n) is 5.18. The Labute approximate surface area is 117 Å². The summed E-state index contributed by atoms with van der Waals surface area (Å²) in [7, 11) is 2.13. The minimum absolute atomic E-state index is 0.450. The van der Waals surface area contributed by atoms with Gasteiger partial charge in [-0.15, -0.1) is 0 Å². The highest BCUT2D eigenvalue weighted by molar-refractivity contribution is 5.30. The molecule has 0 spiro atoms. The molecule has 2 nitrogen and oxygen atoms in total. The average Bonchev–Trinajstić information content (AvgIpc) is 2.90. The number of nitrogens with zero attached hydrogens (tertiary/aromatic N) is 1. The SMILES string of the molecule is CNC1C(CN2Cc3ccccc3C2)CCC1(C)C. The van der Waals surface area contributed by atoms with Crippen molar-refractivity contribution in [2.75, 3.05) is 13.6 Å². The highest BCUT2D eigenvalue weighted by Crippen LogP contribution is 2.42. The van der Waals surface area contributed by atoms with E-state index < -0.39 is 0 Å². The fourth-order valence-corrected chi connectivity index (χ4v) is 4.21. The van der Waals surface area contributed by atoms with E-state index in [2.05, 4.69) is 55.4 Å². The van der Waals surface area contributed by atoms with Gasteiger partial charge in [0.25, 0.3) is 0 Å². The Balaban J connectivity index is 1.65. The Bertz CT molecular complexity index is 427. The molecule has 0 amide bonds. The second-order valence-electron chi connectivity index (χ2n) is 6.99. The van der Waals surface area contributed by atoms with Gasteiger partial charge in [-0.25, -0.2) is 0 Å². The van der Waals surface area contributed by atoms with Gasteiger partial charge in [0.15, 0.2) is 0 Å². The molecule has 1 aliphatic heterocycles. The molecule has 0 aromatic heterocycles. The van der Waals surface area contributed by atoms with E-state index in [0.29, 0.717) is 11.5 Å². The highest BCUT2D eigenvalue weighted by Gasteiger charge is 2.41. The van der Waals surface area contributed by atoms with Crippen LogP contribution in [0.3, 0.4) is 0 Å². The summed E-state index contributed by atoms with van der Waals surface area (Å²) in [5, 5.41) is 3.57. The summed E-state index contributed by atoms with van der Waals surface area (Å²) in [6.07, 6.45) is 2.72. The molecule has 2 atom stereocenters. The number of fused-ring (bicyclic) bond motifs is 1. The van der Waals surface area contributed by atoms with Crippen molar-refractivity contribution in [3.63, 3.8) is 0 Å². The molecule has 1 aromatic rings. The van der Waals surface area contributed by atoms with Gasteiger partial charge in [0.1, 0.15) is 0 Å². The van der Waals surface area contributed by atoms with Crippen molar-refractivity contribution in [3.8, 4) is 0 Å². The van der Waals surface area contributed by atoms with E-state index in [1.807, 2.05) is 0 Å². The topological polar surface area (TPSA) is 15.3 Å². The molecular weight excluding hydrogens is 232 g/mol. The number of hydrogen-bond donors (Lipinski definition) is 1. The van der Waals surface area contributed by atoms with Gasteiger partial charge < -0.3 is 5.32 Å². The van der Waals surface area contributed by atoms with Gasteiger partial charge in [0.2, 0.25) is 0 Å². The van der Waals surface area contributed by atoms with Crippen molar-refractivity contribution in [1.82, 2.24) is 10.2 Å². The monoisotopic (exact) mass is 258 g/mol. The van der Waals surface area contributed by atoms with Gasteiger partial charge in [0, 0.05) is 25.7 Å². The molecule has 3 rings (SSSR count). The van der Waals surface area contributed by atoms with Crippen LogP contribution in [0.2, 0.25) is 0 Å². The summed E-state index contributed by atoms with van der Waals surface area (Å²) in [6, 6.07) is 9.55. The Kier molecular flexibility index (Phi) is 3.40. The molecule has 2 unspecified atom stereocenters. The molecule has 19 heavy (non-hydrogen) atoms. The molecule has 0 radical (unpaired) electrons. The van der Waals surface area contributed by atoms with E-state index >= 15 is 0 Å². The van der Waals surface area contributed by atoms with Crippen LogP contribution in [0.5, 0.6) is 0 Å². The standard InChI is InChI=1S/C17H26N2/c1-17(2)9-8-15(16(17)18-3)12-19-10-13-6-4-5-7-14(13)11-19/h4-7,15-16,18H,8-12H2,1-3H3. The van der Waals surface area contributed by atoms with Crippen LogP contribution in [0.4, 0.5) is 0 Å². The van der Waals surface area contributed by atoms with Gasteiger partial charge in [-0.05, 0) is 42.3 Å². The number of hydrogen-bond acceptors (Lipinski definition) is 2. The molecule has 0 saturated heterocycles. The minimum atomic E-state index is 0.450. The van der Waals surface area contributed by atoms with E-state index in [1.54, 1.807) is 0 Å². The zero-order valence-corrected chi connectivity index (χ0v) is 12.4. The summed E-state index contributed by atoms with van der Waals surface area (Å²) in [5.41, 5.74) is 3.51. The second-order valence-corrected chi connectivity index (χ2v) is 6.99. The van der Waals surface area contributed by atoms with Gasteiger partial charge in [-0.1, -0.05) is 38.1 Å². The van der Waals surface area contributed by atoms with Crippen LogP contribution in [0.1, 0.15) is 37.8 Å². The van der Waals surface area contributed by atoms with Crippen molar-refractivity contribution >= 4 is 0 Å². The molecule has 1 aromatic carbocycles. The zero-order chi connectivity index (χ0) is 13.5. The lowest BCUT2D eigenvalue weighted by molar-refractivity contribution is 0.190. The van der Waals surface area contributed by atoms with Crippen molar-refractivity contribution < 1.29 is 0 Å². The van der Waals surface area contributed by atoms with Crippen LogP contribution in [-0.4, -0.2) is 24.5 Å². The van der Waals surface area contributed by atoms with Gasteiger partial charge in [-0.2, -0.15) is 0 Å². The first-order valence-corrected chi connectivity index (χ1v) is 7.56. The smallest absolute Gasteiger partial charge is 0.0240 e. The molecule has 1 N–H and O–H groups in total. The van der Waals surface area contributed by atoms with Crippen LogP contribution in [0.25, 0.3) is 0 Å². The minimum Gasteiger partial charge on any atom is -0.316 e. The lowest BCUT2D eigenvalue weighted by Gasteiger charge is -2.32. The van der Waals surface area contributed by atoms with E-state index in [4.69, 9.17) is 0 Å². The van der Waals surface area contributed by atoms with E-state index in [9.17, 15) is 0 Å². The van der Waals surface area contributed by atoms with Gasteiger partial charge in [-0.3, -0.25) is 4.90 Å². The van der Waals surface area contributed by atoms with Crippen molar-refractivity contribution in [2.45, 2.75) is 45.8 Å². The van der Waals surface area contributed by atoms with Crippen molar-refractivity contribution in [2.24, 2.45) is 11.3 Å². The maximum atomic E-state index is 3.57. The van der Waals surface area contributed by atoms with Crippen molar-refractivity contribution in [1.29, 1.82) is 0 Å². The second kappa shape index (κ2) is 4.92. The van der Waals surface area contributed by atoms with Crippen LogP contribution in [0, 0.1) is 11.3 Å². The van der Waals surface area contributed by atoms with Crippen LogP contribution >= 0.6 is 0 Å². The van der Waals surface area contributed by atoms with Gasteiger partial charge >= 0.3 is 0 Å². The van der Waals surface area contributed by atoms with Gasteiger partial charge in [0.05, 0.1) is 0 Å². The predicted molar refractivity (Wildman–Crippen MR) is 79.9 cm³/mol. The number of rotatable bonds is 3. The van der Waals surface area contributed by atoms with E-state index in [0.717, 1.165) is 19.0 Å². The predicted octanol–water partition coefficient (Wildman–Crippen LogP) is 3.03. The molecule has 104 valence electrons. The maximum absolute atomic E-state index is 3.57. The highest BCUT2D eigenvalue weighted by atomic mass is 15.1. The fourth-order valence-electron chi connectivity index (χ4n) is 4.21.